The molecule has 1 heterocycles. The van der Waals surface area contributed by atoms with Crippen LogP contribution in [0.5, 0.6) is 0 Å². The zero-order valence-electron chi connectivity index (χ0n) is 17.4. The monoisotopic (exact) mass is 390 g/mol. The normalized spacial score (nSPS) is 15.0. The first-order chi connectivity index (χ1) is 14.1. The standard InChI is InChI=1S/C24H30N4O/c1-3-27(4-2)21-16-22-20(15-19(21)23(29)17-11-7-5-8-12-17)26-24(28(22)25)18-13-9-6-10-14-18/h5,7-8,11-12,15-16,18H,3-4,6,9-10,13-14,25H2,1-2H3. The van der Waals surface area contributed by atoms with Gasteiger partial charge in [0.1, 0.15) is 5.82 Å². The van der Waals surface area contributed by atoms with Gasteiger partial charge >= 0.3 is 0 Å². The van der Waals surface area contributed by atoms with Crippen molar-refractivity contribution in [3.05, 3.63) is 59.4 Å². The molecule has 152 valence electrons. The van der Waals surface area contributed by atoms with Crippen LogP contribution in [0.2, 0.25) is 0 Å². The highest BCUT2D eigenvalue weighted by Crippen LogP contribution is 2.35. The summed E-state index contributed by atoms with van der Waals surface area (Å²) in [4.78, 5) is 20.5. The van der Waals surface area contributed by atoms with Gasteiger partial charge in [0.15, 0.2) is 5.78 Å². The van der Waals surface area contributed by atoms with Crippen molar-refractivity contribution in [2.75, 3.05) is 23.8 Å². The summed E-state index contributed by atoms with van der Waals surface area (Å²) in [6.45, 7) is 5.87. The quantitative estimate of drug-likeness (QED) is 0.481. The molecule has 5 nitrogen and oxygen atoms in total. The highest BCUT2D eigenvalue weighted by Gasteiger charge is 2.24. The van der Waals surface area contributed by atoms with Crippen LogP contribution in [0, 0.1) is 0 Å². The van der Waals surface area contributed by atoms with Crippen molar-refractivity contribution in [1.29, 1.82) is 0 Å². The third-order valence-electron chi connectivity index (χ3n) is 6.19. The van der Waals surface area contributed by atoms with E-state index < -0.39 is 0 Å². The van der Waals surface area contributed by atoms with Crippen LogP contribution in [0.25, 0.3) is 11.0 Å². The minimum atomic E-state index is 0.0280. The third-order valence-corrected chi connectivity index (χ3v) is 6.19. The zero-order valence-corrected chi connectivity index (χ0v) is 17.4. The van der Waals surface area contributed by atoms with E-state index in [4.69, 9.17) is 10.8 Å². The molecule has 0 saturated heterocycles. The Kier molecular flexibility index (Phi) is 5.56. The Morgan fingerprint density at radius 1 is 1.10 bits per heavy atom. The minimum absolute atomic E-state index is 0.0280. The number of aromatic nitrogens is 2. The number of carbonyl (C=O) groups is 1. The minimum Gasteiger partial charge on any atom is -0.371 e. The zero-order chi connectivity index (χ0) is 20.4. The van der Waals surface area contributed by atoms with Gasteiger partial charge in [-0.1, -0.05) is 49.6 Å². The number of hydrogen-bond donors (Lipinski definition) is 1. The molecule has 4 rings (SSSR count). The molecule has 0 spiro atoms. The van der Waals surface area contributed by atoms with Gasteiger partial charge in [0.05, 0.1) is 16.7 Å². The molecule has 5 heteroatoms. The van der Waals surface area contributed by atoms with E-state index in [-0.39, 0.29) is 5.78 Å². The van der Waals surface area contributed by atoms with Crippen LogP contribution >= 0.6 is 0 Å². The predicted molar refractivity (Wildman–Crippen MR) is 119 cm³/mol. The number of nitrogen functional groups attached to an aromatic ring is 1. The van der Waals surface area contributed by atoms with Gasteiger partial charge in [-0.2, -0.15) is 0 Å². The number of benzene rings is 2. The molecule has 0 atom stereocenters. The molecule has 0 unspecified atom stereocenters. The average Bonchev–Trinajstić information content (AvgIpc) is 3.10. The fourth-order valence-electron chi connectivity index (χ4n) is 4.55. The molecular weight excluding hydrogens is 360 g/mol. The average molecular weight is 391 g/mol. The predicted octanol–water partition coefficient (Wildman–Crippen LogP) is 4.88. The number of imidazole rings is 1. The maximum Gasteiger partial charge on any atom is 0.195 e. The van der Waals surface area contributed by atoms with Crippen LogP contribution in [0.15, 0.2) is 42.5 Å². The van der Waals surface area contributed by atoms with Crippen LogP contribution in [0.1, 0.15) is 73.6 Å². The summed E-state index contributed by atoms with van der Waals surface area (Å²) >= 11 is 0. The lowest BCUT2D eigenvalue weighted by molar-refractivity contribution is 0.103. The second-order valence-corrected chi connectivity index (χ2v) is 7.90. The van der Waals surface area contributed by atoms with Crippen molar-refractivity contribution < 1.29 is 4.79 Å². The number of fused-ring (bicyclic) bond motifs is 1. The molecule has 2 N–H and O–H groups in total. The van der Waals surface area contributed by atoms with Gasteiger partial charge in [-0.05, 0) is 38.8 Å². The fraction of sp³-hybridized carbons (Fsp3) is 0.417. The van der Waals surface area contributed by atoms with E-state index in [0.29, 0.717) is 17.0 Å². The Balaban J connectivity index is 1.86. The van der Waals surface area contributed by atoms with E-state index in [1.807, 2.05) is 36.4 Å². The van der Waals surface area contributed by atoms with E-state index in [2.05, 4.69) is 24.8 Å². The van der Waals surface area contributed by atoms with E-state index in [1.165, 1.54) is 19.3 Å². The van der Waals surface area contributed by atoms with Crippen molar-refractivity contribution in [3.8, 4) is 0 Å². The number of hydrogen-bond acceptors (Lipinski definition) is 4. The molecule has 0 amide bonds. The first-order valence-corrected chi connectivity index (χ1v) is 10.8. The number of anilines is 1. The highest BCUT2D eigenvalue weighted by molar-refractivity contribution is 6.14. The molecule has 3 aromatic rings. The number of nitrogens with zero attached hydrogens (tertiary/aromatic N) is 3. The van der Waals surface area contributed by atoms with Crippen LogP contribution in [-0.4, -0.2) is 28.5 Å². The maximum absolute atomic E-state index is 13.3. The molecule has 0 bridgehead atoms. The van der Waals surface area contributed by atoms with Crippen LogP contribution in [0.3, 0.4) is 0 Å². The van der Waals surface area contributed by atoms with E-state index in [9.17, 15) is 4.79 Å². The van der Waals surface area contributed by atoms with Crippen molar-refractivity contribution in [1.82, 2.24) is 9.66 Å². The summed E-state index contributed by atoms with van der Waals surface area (Å²) in [6, 6.07) is 13.5. The summed E-state index contributed by atoms with van der Waals surface area (Å²) < 4.78 is 1.76. The van der Waals surface area contributed by atoms with Crippen LogP contribution < -0.4 is 10.7 Å². The first-order valence-electron chi connectivity index (χ1n) is 10.8. The van der Waals surface area contributed by atoms with Crippen molar-refractivity contribution >= 4 is 22.5 Å². The second kappa shape index (κ2) is 8.27. The Morgan fingerprint density at radius 3 is 2.45 bits per heavy atom. The lowest BCUT2D eigenvalue weighted by Crippen LogP contribution is -2.24. The van der Waals surface area contributed by atoms with Crippen LogP contribution in [-0.2, 0) is 0 Å². The molecule has 2 aromatic carbocycles. The Labute approximate surface area is 172 Å². The summed E-state index contributed by atoms with van der Waals surface area (Å²) in [5.41, 5.74) is 4.03. The number of ketones is 1. The van der Waals surface area contributed by atoms with E-state index in [0.717, 1.165) is 48.5 Å². The van der Waals surface area contributed by atoms with Gasteiger partial charge in [0, 0.05) is 30.1 Å². The summed E-state index contributed by atoms with van der Waals surface area (Å²) in [5, 5.41) is 0. The molecular formula is C24H30N4O. The van der Waals surface area contributed by atoms with Crippen molar-refractivity contribution in [2.24, 2.45) is 0 Å². The number of carbonyl (C=O) groups excluding carboxylic acids is 1. The number of nitrogens with two attached hydrogens (primary N) is 1. The maximum atomic E-state index is 13.3. The molecule has 0 radical (unpaired) electrons. The molecule has 1 aliphatic carbocycles. The Morgan fingerprint density at radius 2 is 1.79 bits per heavy atom. The smallest absolute Gasteiger partial charge is 0.195 e. The molecule has 0 aliphatic heterocycles. The Bertz CT molecular complexity index is 999. The SMILES string of the molecule is CCN(CC)c1cc2c(cc1C(=O)c1ccccc1)nc(C1CCCCC1)n2N. The lowest BCUT2D eigenvalue weighted by Gasteiger charge is -2.24. The second-order valence-electron chi connectivity index (χ2n) is 7.90. The lowest BCUT2D eigenvalue weighted by atomic mass is 9.89. The van der Waals surface area contributed by atoms with Gasteiger partial charge in [-0.3, -0.25) is 4.79 Å². The molecule has 1 aromatic heterocycles. The fourth-order valence-corrected chi connectivity index (χ4v) is 4.55. The highest BCUT2D eigenvalue weighted by atomic mass is 16.1. The number of rotatable bonds is 6. The van der Waals surface area contributed by atoms with Gasteiger partial charge in [0.2, 0.25) is 0 Å². The third kappa shape index (κ3) is 3.61. The Hall–Kier alpha value is -2.82. The van der Waals surface area contributed by atoms with Gasteiger partial charge in [-0.15, -0.1) is 0 Å². The van der Waals surface area contributed by atoms with Gasteiger partial charge in [-0.25, -0.2) is 9.66 Å². The largest absolute Gasteiger partial charge is 0.371 e. The van der Waals surface area contributed by atoms with Crippen LogP contribution in [0.4, 0.5) is 5.69 Å². The van der Waals surface area contributed by atoms with Gasteiger partial charge < -0.3 is 10.7 Å². The molecule has 1 aliphatic rings. The molecule has 29 heavy (non-hydrogen) atoms. The van der Waals surface area contributed by atoms with Crippen molar-refractivity contribution in [2.45, 2.75) is 51.9 Å². The van der Waals surface area contributed by atoms with E-state index >= 15 is 0 Å². The summed E-state index contributed by atoms with van der Waals surface area (Å²) in [6.07, 6.45) is 6.04. The molecule has 1 fully saturated rings. The molecule has 1 saturated carbocycles. The topological polar surface area (TPSA) is 64.2 Å². The summed E-state index contributed by atoms with van der Waals surface area (Å²) in [5.74, 6) is 7.90. The summed E-state index contributed by atoms with van der Waals surface area (Å²) in [7, 11) is 0. The van der Waals surface area contributed by atoms with Gasteiger partial charge in [0.25, 0.3) is 0 Å². The van der Waals surface area contributed by atoms with E-state index in [1.54, 1.807) is 4.68 Å². The van der Waals surface area contributed by atoms with Crippen molar-refractivity contribution in [3.63, 3.8) is 0 Å². The first kappa shape index (κ1) is 19.5.